The van der Waals surface area contributed by atoms with Crippen molar-refractivity contribution in [2.45, 2.75) is 68.4 Å². The number of carbonyl (C=O) groups is 1. The third-order valence-corrected chi connectivity index (χ3v) is 5.99. The van der Waals surface area contributed by atoms with Crippen LogP contribution in [0.5, 0.6) is 0 Å². The third-order valence-electron chi connectivity index (χ3n) is 4.91. The Morgan fingerprint density at radius 3 is 2.67 bits per heavy atom. The normalized spacial score (nSPS) is 17.1. The highest BCUT2D eigenvalue weighted by molar-refractivity contribution is 8.00. The van der Waals surface area contributed by atoms with Crippen LogP contribution in [-0.4, -0.2) is 36.4 Å². The van der Waals surface area contributed by atoms with Crippen LogP contribution >= 0.6 is 11.8 Å². The molecule has 2 heterocycles. The lowest BCUT2D eigenvalue weighted by molar-refractivity contribution is -0.121. The largest absolute Gasteiger partial charge is 0.337 e. The van der Waals surface area contributed by atoms with Crippen molar-refractivity contribution in [3.8, 4) is 17.5 Å². The Balaban J connectivity index is 1.72. The average molecular weight is 385 g/mol. The summed E-state index contributed by atoms with van der Waals surface area (Å²) in [7, 11) is 0. The van der Waals surface area contributed by atoms with Gasteiger partial charge in [0.25, 0.3) is 0 Å². The van der Waals surface area contributed by atoms with Crippen molar-refractivity contribution in [3.05, 3.63) is 24.5 Å². The minimum atomic E-state index is -0.717. The van der Waals surface area contributed by atoms with Gasteiger partial charge in [0.05, 0.1) is 11.3 Å². The van der Waals surface area contributed by atoms with Crippen molar-refractivity contribution < 1.29 is 4.79 Å². The van der Waals surface area contributed by atoms with Crippen LogP contribution in [0, 0.1) is 11.3 Å². The Bertz CT molecular complexity index is 822. The number of hydrogen-bond acceptors (Lipinski definition) is 6. The molecule has 27 heavy (non-hydrogen) atoms. The first-order valence-corrected chi connectivity index (χ1v) is 10.2. The molecule has 0 radical (unpaired) electrons. The molecule has 8 heteroatoms. The van der Waals surface area contributed by atoms with E-state index in [9.17, 15) is 10.1 Å². The molecule has 1 aliphatic carbocycles. The van der Waals surface area contributed by atoms with Crippen molar-refractivity contribution in [2.75, 3.05) is 0 Å². The van der Waals surface area contributed by atoms with Crippen LogP contribution in [0.15, 0.2) is 29.7 Å². The number of pyridine rings is 1. The van der Waals surface area contributed by atoms with Gasteiger partial charge in [-0.15, -0.1) is 10.2 Å². The molecular formula is C19H24N6OS. The smallest absolute Gasteiger partial charge is 0.234 e. The molecule has 0 aromatic carbocycles. The van der Waals surface area contributed by atoms with Gasteiger partial charge in [-0.3, -0.25) is 9.78 Å². The van der Waals surface area contributed by atoms with Gasteiger partial charge in [0.1, 0.15) is 5.54 Å². The number of nitrogens with zero attached hydrogens (tertiary/aromatic N) is 5. The van der Waals surface area contributed by atoms with E-state index in [1.165, 1.54) is 11.8 Å². The molecular weight excluding hydrogens is 360 g/mol. The van der Waals surface area contributed by atoms with E-state index in [0.29, 0.717) is 11.7 Å². The van der Waals surface area contributed by atoms with Crippen LogP contribution in [0.3, 0.4) is 0 Å². The lowest BCUT2D eigenvalue weighted by Crippen LogP contribution is -2.51. The molecule has 142 valence electrons. The summed E-state index contributed by atoms with van der Waals surface area (Å²) in [5.74, 6) is 0.635. The van der Waals surface area contributed by atoms with Crippen LogP contribution in [0.2, 0.25) is 0 Å². The van der Waals surface area contributed by atoms with E-state index in [1.54, 1.807) is 12.4 Å². The average Bonchev–Trinajstić information content (AvgIpc) is 3.11. The quantitative estimate of drug-likeness (QED) is 0.768. The maximum atomic E-state index is 12.7. The van der Waals surface area contributed by atoms with E-state index in [4.69, 9.17) is 0 Å². The molecule has 1 fully saturated rings. The Kier molecular flexibility index (Phi) is 6.11. The fourth-order valence-corrected chi connectivity index (χ4v) is 4.26. The van der Waals surface area contributed by atoms with Crippen molar-refractivity contribution in [1.82, 2.24) is 25.1 Å². The molecule has 1 aliphatic rings. The Hall–Kier alpha value is -2.40. The van der Waals surface area contributed by atoms with Crippen LogP contribution in [0.25, 0.3) is 11.4 Å². The lowest BCUT2D eigenvalue weighted by atomic mass is 9.83. The predicted octanol–water partition coefficient (Wildman–Crippen LogP) is 3.18. The van der Waals surface area contributed by atoms with E-state index >= 15 is 0 Å². The second kappa shape index (κ2) is 8.53. The molecule has 1 saturated carbocycles. The summed E-state index contributed by atoms with van der Waals surface area (Å²) in [6.07, 6.45) is 7.98. The minimum Gasteiger partial charge on any atom is -0.337 e. The number of amides is 1. The molecule has 0 saturated heterocycles. The highest BCUT2D eigenvalue weighted by Crippen LogP contribution is 2.30. The summed E-state index contributed by atoms with van der Waals surface area (Å²) in [6.45, 7) is 4.56. The molecule has 2 aromatic rings. The van der Waals surface area contributed by atoms with Crippen molar-refractivity contribution >= 4 is 17.7 Å². The highest BCUT2D eigenvalue weighted by atomic mass is 32.2. The number of rotatable bonds is 6. The summed E-state index contributed by atoms with van der Waals surface area (Å²) in [5.41, 5.74) is 0.221. The maximum absolute atomic E-state index is 12.7. The zero-order chi connectivity index (χ0) is 19.3. The number of thioether (sulfide) groups is 1. The van der Waals surface area contributed by atoms with E-state index in [0.717, 1.165) is 43.5 Å². The van der Waals surface area contributed by atoms with Gasteiger partial charge in [-0.25, -0.2) is 0 Å². The first-order valence-electron chi connectivity index (χ1n) is 9.32. The molecule has 1 amide bonds. The maximum Gasteiger partial charge on any atom is 0.234 e. The van der Waals surface area contributed by atoms with Gasteiger partial charge in [0.2, 0.25) is 5.91 Å². The summed E-state index contributed by atoms with van der Waals surface area (Å²) in [5, 5.41) is 21.5. The van der Waals surface area contributed by atoms with Gasteiger partial charge in [-0.1, -0.05) is 31.0 Å². The predicted molar refractivity (Wildman–Crippen MR) is 104 cm³/mol. The van der Waals surface area contributed by atoms with Crippen LogP contribution in [-0.2, 0) is 11.3 Å². The van der Waals surface area contributed by atoms with Crippen molar-refractivity contribution in [2.24, 2.45) is 0 Å². The molecule has 1 atom stereocenters. The number of nitrogens with one attached hydrogen (secondary N) is 1. The van der Waals surface area contributed by atoms with Crippen molar-refractivity contribution in [3.63, 3.8) is 0 Å². The molecule has 1 N–H and O–H groups in total. The second-order valence-corrected chi connectivity index (χ2v) is 8.10. The number of hydrogen-bond donors (Lipinski definition) is 1. The lowest BCUT2D eigenvalue weighted by Gasteiger charge is -2.32. The SMILES string of the molecule is CCn1c(S[C@@H](C)C(=O)NC2(C#N)CCCCC2)nnc1-c1ccncc1. The highest BCUT2D eigenvalue weighted by Gasteiger charge is 2.35. The topological polar surface area (TPSA) is 96.5 Å². The molecule has 7 nitrogen and oxygen atoms in total. The zero-order valence-corrected chi connectivity index (χ0v) is 16.5. The van der Waals surface area contributed by atoms with Gasteiger partial charge in [-0.05, 0) is 38.8 Å². The number of carbonyl (C=O) groups excluding carboxylic acids is 1. The number of nitriles is 1. The van der Waals surface area contributed by atoms with Gasteiger partial charge in [-0.2, -0.15) is 5.26 Å². The van der Waals surface area contributed by atoms with E-state index in [2.05, 4.69) is 26.6 Å². The molecule has 0 spiro atoms. The second-order valence-electron chi connectivity index (χ2n) is 6.79. The third kappa shape index (κ3) is 4.30. The minimum absolute atomic E-state index is 0.125. The summed E-state index contributed by atoms with van der Waals surface area (Å²) in [6, 6.07) is 6.11. The van der Waals surface area contributed by atoms with Crippen molar-refractivity contribution in [1.29, 1.82) is 5.26 Å². The molecule has 2 aromatic heterocycles. The van der Waals surface area contributed by atoms with Gasteiger partial charge < -0.3 is 9.88 Å². The van der Waals surface area contributed by atoms with Crippen LogP contribution < -0.4 is 5.32 Å². The van der Waals surface area contributed by atoms with Gasteiger partial charge in [0, 0.05) is 24.5 Å². The summed E-state index contributed by atoms with van der Waals surface area (Å²) >= 11 is 1.37. The van der Waals surface area contributed by atoms with E-state index < -0.39 is 5.54 Å². The fourth-order valence-electron chi connectivity index (χ4n) is 3.34. The van der Waals surface area contributed by atoms with Gasteiger partial charge >= 0.3 is 0 Å². The summed E-state index contributed by atoms with van der Waals surface area (Å²) < 4.78 is 1.99. The molecule has 3 rings (SSSR count). The van der Waals surface area contributed by atoms with Crippen LogP contribution in [0.4, 0.5) is 0 Å². The Labute approximate surface area is 163 Å². The van der Waals surface area contributed by atoms with Gasteiger partial charge in [0.15, 0.2) is 11.0 Å². The Morgan fingerprint density at radius 2 is 2.04 bits per heavy atom. The fraction of sp³-hybridized carbons (Fsp3) is 0.526. The molecule has 0 bridgehead atoms. The first-order chi connectivity index (χ1) is 13.1. The zero-order valence-electron chi connectivity index (χ0n) is 15.7. The Morgan fingerprint density at radius 1 is 1.33 bits per heavy atom. The standard InChI is InChI=1S/C19H24N6OS/c1-3-25-16(15-7-11-21-12-8-15)23-24-18(25)27-14(2)17(26)22-19(13-20)9-5-4-6-10-19/h7-8,11-12,14H,3-6,9-10H2,1-2H3,(H,22,26)/t14-/m0/s1. The summed E-state index contributed by atoms with van der Waals surface area (Å²) in [4.78, 5) is 16.7. The van der Waals surface area contributed by atoms with E-state index in [-0.39, 0.29) is 11.2 Å². The molecule has 0 unspecified atom stereocenters. The number of aromatic nitrogens is 4. The van der Waals surface area contributed by atoms with E-state index in [1.807, 2.05) is 30.5 Å². The molecule has 0 aliphatic heterocycles. The first kappa shape index (κ1) is 19.4. The monoisotopic (exact) mass is 384 g/mol. The van der Waals surface area contributed by atoms with Crippen LogP contribution in [0.1, 0.15) is 46.0 Å².